The summed E-state index contributed by atoms with van der Waals surface area (Å²) in [6.07, 6.45) is 2.03. The van der Waals surface area contributed by atoms with Crippen LogP contribution in [-0.4, -0.2) is 52.6 Å². The fourth-order valence-electron chi connectivity index (χ4n) is 5.23. The number of fused-ring (bicyclic) bond motifs is 1. The van der Waals surface area contributed by atoms with Crippen LogP contribution in [0.25, 0.3) is 21.3 Å². The van der Waals surface area contributed by atoms with E-state index in [1.165, 1.54) is 15.9 Å². The summed E-state index contributed by atoms with van der Waals surface area (Å²) in [5.41, 5.74) is 11.2. The molecule has 2 aromatic heterocycles. The Balaban J connectivity index is 1.23. The van der Waals surface area contributed by atoms with Gasteiger partial charge in [0.1, 0.15) is 5.69 Å². The predicted octanol–water partition coefficient (Wildman–Crippen LogP) is 4.87. The van der Waals surface area contributed by atoms with Gasteiger partial charge in [-0.15, -0.1) is 11.3 Å². The van der Waals surface area contributed by atoms with Gasteiger partial charge in [0.15, 0.2) is 0 Å². The number of morpholine rings is 1. The first kappa shape index (κ1) is 28.3. The van der Waals surface area contributed by atoms with Crippen LogP contribution in [0.4, 0.5) is 11.4 Å². The third kappa shape index (κ3) is 5.93. The summed E-state index contributed by atoms with van der Waals surface area (Å²) in [7, 11) is 1.70. The number of nitrogens with two attached hydrogens (primary N) is 1. The Morgan fingerprint density at radius 2 is 1.81 bits per heavy atom. The Morgan fingerprint density at radius 1 is 1.05 bits per heavy atom. The number of nitrogen functional groups attached to an aromatic ring is 1. The van der Waals surface area contributed by atoms with Gasteiger partial charge in [-0.1, -0.05) is 24.3 Å². The SMILES string of the molecule is Cc1c(NC(=O)c2cc3cc(N)ccc3s2)cccc1-c1cn(C)c(=O)c(Cc2ccc(C(=O)N3CCOCC3)cc2)n1. The zero-order chi connectivity index (χ0) is 30.1. The number of hydrogen-bond donors (Lipinski definition) is 2. The molecule has 3 N–H and O–H groups in total. The highest BCUT2D eigenvalue weighted by atomic mass is 32.1. The maximum atomic E-state index is 13.2. The number of hydrogen-bond acceptors (Lipinski definition) is 7. The van der Waals surface area contributed by atoms with E-state index >= 15 is 0 Å². The molecule has 1 fully saturated rings. The van der Waals surface area contributed by atoms with Crippen LogP contribution < -0.4 is 16.6 Å². The number of benzene rings is 3. The van der Waals surface area contributed by atoms with Crippen LogP contribution in [0, 0.1) is 6.92 Å². The molecule has 0 bridgehead atoms. The lowest BCUT2D eigenvalue weighted by molar-refractivity contribution is 0.0303. The smallest absolute Gasteiger partial charge is 0.272 e. The molecule has 0 atom stereocenters. The van der Waals surface area contributed by atoms with Gasteiger partial charge in [-0.25, -0.2) is 4.98 Å². The second-order valence-electron chi connectivity index (χ2n) is 10.6. The molecule has 2 amide bonds. The standard InChI is InChI=1S/C33H31N5O4S/c1-20-25(4-3-5-26(20)36-31(39)30-18-23-17-24(34)10-11-29(23)43-30)28-19-37(2)33(41)27(35-28)16-21-6-8-22(9-7-21)32(40)38-12-14-42-15-13-38/h3-11,17-19H,12-16,34H2,1-2H3,(H,36,39). The number of rotatable bonds is 6. The van der Waals surface area contributed by atoms with Gasteiger partial charge in [0.2, 0.25) is 0 Å². The summed E-state index contributed by atoms with van der Waals surface area (Å²) in [6.45, 7) is 4.18. The van der Waals surface area contributed by atoms with Crippen LogP contribution in [0.5, 0.6) is 0 Å². The average Bonchev–Trinajstić information content (AvgIpc) is 3.44. The quantitative estimate of drug-likeness (QED) is 0.271. The first-order valence-electron chi connectivity index (χ1n) is 14.0. The lowest BCUT2D eigenvalue weighted by atomic mass is 10.0. The lowest BCUT2D eigenvalue weighted by Crippen LogP contribution is -2.40. The number of aryl methyl sites for hydroxylation is 1. The molecule has 0 saturated carbocycles. The number of nitrogens with one attached hydrogen (secondary N) is 1. The zero-order valence-corrected chi connectivity index (χ0v) is 24.7. The number of thiophene rings is 1. The van der Waals surface area contributed by atoms with E-state index in [0.717, 1.165) is 26.8 Å². The molecule has 0 unspecified atom stereocenters. The van der Waals surface area contributed by atoms with E-state index in [1.54, 1.807) is 30.3 Å². The van der Waals surface area contributed by atoms with Crippen molar-refractivity contribution in [2.45, 2.75) is 13.3 Å². The number of amides is 2. The summed E-state index contributed by atoms with van der Waals surface area (Å²) in [6, 6.07) is 20.4. The average molecular weight is 594 g/mol. The molecule has 0 radical (unpaired) electrons. The fraction of sp³-hybridized carbons (Fsp3) is 0.212. The Labute approximate surface area is 252 Å². The molecule has 6 rings (SSSR count). The molecule has 0 aliphatic carbocycles. The van der Waals surface area contributed by atoms with Gasteiger partial charge in [-0.2, -0.15) is 0 Å². The summed E-state index contributed by atoms with van der Waals surface area (Å²) in [4.78, 5) is 46.2. The number of nitrogens with zero attached hydrogens (tertiary/aromatic N) is 3. The second-order valence-corrected chi connectivity index (χ2v) is 11.7. The molecule has 0 spiro atoms. The Bertz CT molecular complexity index is 1910. The molecular weight excluding hydrogens is 562 g/mol. The van der Waals surface area contributed by atoms with E-state index < -0.39 is 0 Å². The van der Waals surface area contributed by atoms with Crippen molar-refractivity contribution in [3.8, 4) is 11.3 Å². The van der Waals surface area contributed by atoms with E-state index in [1.807, 2.05) is 61.5 Å². The van der Waals surface area contributed by atoms with E-state index in [9.17, 15) is 14.4 Å². The molecule has 1 aliphatic heterocycles. The number of aromatic nitrogens is 2. The molecule has 3 aromatic carbocycles. The Morgan fingerprint density at radius 3 is 2.58 bits per heavy atom. The molecule has 218 valence electrons. The van der Waals surface area contributed by atoms with Gasteiger partial charge in [0, 0.05) is 60.0 Å². The van der Waals surface area contributed by atoms with Crippen molar-refractivity contribution in [3.05, 3.63) is 111 Å². The number of ether oxygens (including phenoxy) is 1. The normalized spacial score (nSPS) is 13.3. The van der Waals surface area contributed by atoms with Crippen molar-refractivity contribution in [2.24, 2.45) is 7.05 Å². The van der Waals surface area contributed by atoms with Crippen LogP contribution in [0.15, 0.2) is 77.7 Å². The highest BCUT2D eigenvalue weighted by Gasteiger charge is 2.19. The summed E-state index contributed by atoms with van der Waals surface area (Å²) < 4.78 is 7.86. The third-order valence-corrected chi connectivity index (χ3v) is 8.75. The van der Waals surface area contributed by atoms with Gasteiger partial charge < -0.3 is 25.3 Å². The summed E-state index contributed by atoms with van der Waals surface area (Å²) in [5, 5.41) is 3.97. The van der Waals surface area contributed by atoms with Crippen LogP contribution in [0.1, 0.15) is 36.9 Å². The first-order chi connectivity index (χ1) is 20.8. The fourth-order valence-corrected chi connectivity index (χ4v) is 6.16. The Hall–Kier alpha value is -4.80. The second kappa shape index (κ2) is 11.8. The minimum absolute atomic E-state index is 0.0228. The first-order valence-corrected chi connectivity index (χ1v) is 14.8. The van der Waals surface area contributed by atoms with Gasteiger partial charge in [-0.3, -0.25) is 14.4 Å². The molecule has 5 aromatic rings. The van der Waals surface area contributed by atoms with Crippen molar-refractivity contribution < 1.29 is 14.3 Å². The minimum atomic E-state index is -0.204. The van der Waals surface area contributed by atoms with Crippen molar-refractivity contribution >= 4 is 44.6 Å². The van der Waals surface area contributed by atoms with Crippen LogP contribution >= 0.6 is 11.3 Å². The molecule has 43 heavy (non-hydrogen) atoms. The van der Waals surface area contributed by atoms with Gasteiger partial charge in [-0.05, 0) is 65.9 Å². The Kier molecular flexibility index (Phi) is 7.79. The summed E-state index contributed by atoms with van der Waals surface area (Å²) >= 11 is 1.41. The van der Waals surface area contributed by atoms with Gasteiger partial charge in [0.25, 0.3) is 17.4 Å². The lowest BCUT2D eigenvalue weighted by Gasteiger charge is -2.26. The molecule has 3 heterocycles. The molecule has 1 saturated heterocycles. The van der Waals surface area contributed by atoms with Crippen molar-refractivity contribution in [1.82, 2.24) is 14.5 Å². The maximum absolute atomic E-state index is 13.2. The monoisotopic (exact) mass is 593 g/mol. The minimum Gasteiger partial charge on any atom is -0.399 e. The van der Waals surface area contributed by atoms with Crippen LogP contribution in [0.2, 0.25) is 0 Å². The van der Waals surface area contributed by atoms with E-state index in [-0.39, 0.29) is 17.4 Å². The van der Waals surface area contributed by atoms with E-state index in [4.69, 9.17) is 15.5 Å². The summed E-state index contributed by atoms with van der Waals surface area (Å²) in [5.74, 6) is -0.227. The largest absolute Gasteiger partial charge is 0.399 e. The van der Waals surface area contributed by atoms with Crippen molar-refractivity contribution in [3.63, 3.8) is 0 Å². The molecule has 1 aliphatic rings. The van der Waals surface area contributed by atoms with E-state index in [0.29, 0.717) is 65.9 Å². The van der Waals surface area contributed by atoms with Crippen molar-refractivity contribution in [1.29, 1.82) is 0 Å². The number of anilines is 2. The third-order valence-electron chi connectivity index (χ3n) is 7.63. The number of carbonyl (C=O) groups excluding carboxylic acids is 2. The van der Waals surface area contributed by atoms with Gasteiger partial charge in [0.05, 0.1) is 23.8 Å². The topological polar surface area (TPSA) is 120 Å². The molecule has 9 nitrogen and oxygen atoms in total. The highest BCUT2D eigenvalue weighted by molar-refractivity contribution is 7.20. The number of carbonyl (C=O) groups is 2. The van der Waals surface area contributed by atoms with Crippen LogP contribution in [-0.2, 0) is 18.2 Å². The molecular formula is C33H31N5O4S. The zero-order valence-electron chi connectivity index (χ0n) is 23.9. The maximum Gasteiger partial charge on any atom is 0.272 e. The van der Waals surface area contributed by atoms with E-state index in [2.05, 4.69) is 5.32 Å². The highest BCUT2D eigenvalue weighted by Crippen LogP contribution is 2.30. The van der Waals surface area contributed by atoms with Crippen LogP contribution in [0.3, 0.4) is 0 Å². The van der Waals surface area contributed by atoms with Crippen molar-refractivity contribution in [2.75, 3.05) is 37.4 Å². The molecule has 10 heteroatoms. The predicted molar refractivity (Wildman–Crippen MR) is 170 cm³/mol. The van der Waals surface area contributed by atoms with Gasteiger partial charge >= 0.3 is 0 Å².